The summed E-state index contributed by atoms with van der Waals surface area (Å²) in [7, 11) is -1.52. The zero-order chi connectivity index (χ0) is 17.9. The van der Waals surface area contributed by atoms with Gasteiger partial charge in [-0.25, -0.2) is 8.42 Å². The van der Waals surface area contributed by atoms with E-state index in [-0.39, 0.29) is 10.8 Å². The predicted molar refractivity (Wildman–Crippen MR) is 94.9 cm³/mol. The predicted octanol–water partition coefficient (Wildman–Crippen LogP) is 1.27. The number of rotatable bonds is 4. The van der Waals surface area contributed by atoms with Gasteiger partial charge in [0.25, 0.3) is 5.91 Å². The molecule has 0 unspecified atom stereocenters. The Kier molecular flexibility index (Phi) is 5.12. The SMILES string of the molecule is CN1CCN(S(=O)(=O)c2ccc(NC(=O)c3ccncc3)cc2)CC1. The monoisotopic (exact) mass is 360 g/mol. The number of carbonyl (C=O) groups is 1. The second kappa shape index (κ2) is 7.30. The summed E-state index contributed by atoms with van der Waals surface area (Å²) in [4.78, 5) is 18.3. The molecule has 1 N–H and O–H groups in total. The van der Waals surface area contributed by atoms with Gasteiger partial charge in [-0.3, -0.25) is 9.78 Å². The van der Waals surface area contributed by atoms with E-state index >= 15 is 0 Å². The minimum atomic E-state index is -3.50. The summed E-state index contributed by atoms with van der Waals surface area (Å²) in [6.07, 6.45) is 3.08. The van der Waals surface area contributed by atoms with Crippen molar-refractivity contribution < 1.29 is 13.2 Å². The van der Waals surface area contributed by atoms with Crippen molar-refractivity contribution >= 4 is 21.6 Å². The van der Waals surface area contributed by atoms with Crippen molar-refractivity contribution in [3.8, 4) is 0 Å². The van der Waals surface area contributed by atoms with Gasteiger partial charge in [0.05, 0.1) is 4.90 Å². The van der Waals surface area contributed by atoms with Crippen LogP contribution in [0.2, 0.25) is 0 Å². The first kappa shape index (κ1) is 17.5. The standard InChI is InChI=1S/C17H20N4O3S/c1-20-10-12-21(13-11-20)25(23,24)16-4-2-15(3-5-16)19-17(22)14-6-8-18-9-7-14/h2-9H,10-13H2,1H3,(H,19,22). The third-order valence-corrected chi connectivity index (χ3v) is 6.07. The molecule has 1 fully saturated rings. The summed E-state index contributed by atoms with van der Waals surface area (Å²) in [6.45, 7) is 2.41. The summed E-state index contributed by atoms with van der Waals surface area (Å²) in [5.41, 5.74) is 1.03. The van der Waals surface area contributed by atoms with E-state index in [0.29, 0.717) is 24.3 Å². The number of piperazine rings is 1. The molecule has 0 aliphatic carbocycles. The summed E-state index contributed by atoms with van der Waals surface area (Å²) in [5, 5.41) is 2.74. The van der Waals surface area contributed by atoms with Crippen molar-refractivity contribution in [2.24, 2.45) is 0 Å². The van der Waals surface area contributed by atoms with Crippen LogP contribution in [0, 0.1) is 0 Å². The summed E-state index contributed by atoms with van der Waals surface area (Å²) in [5.74, 6) is -0.267. The summed E-state index contributed by atoms with van der Waals surface area (Å²) in [6, 6.07) is 9.47. The van der Waals surface area contributed by atoms with Gasteiger partial charge in [-0.15, -0.1) is 0 Å². The lowest BCUT2D eigenvalue weighted by Crippen LogP contribution is -2.46. The van der Waals surface area contributed by atoms with Crippen LogP contribution in [0.15, 0.2) is 53.7 Å². The van der Waals surface area contributed by atoms with Crippen LogP contribution in [-0.4, -0.2) is 61.7 Å². The third-order valence-electron chi connectivity index (χ3n) is 4.15. The average Bonchev–Trinajstić information content (AvgIpc) is 2.63. The lowest BCUT2D eigenvalue weighted by Gasteiger charge is -2.31. The number of carbonyl (C=O) groups excluding carboxylic acids is 1. The van der Waals surface area contributed by atoms with E-state index in [1.165, 1.54) is 16.4 Å². The van der Waals surface area contributed by atoms with Crippen LogP contribution in [0.3, 0.4) is 0 Å². The second-order valence-corrected chi connectivity index (χ2v) is 7.86. The van der Waals surface area contributed by atoms with Gasteiger partial charge in [-0.2, -0.15) is 4.31 Å². The van der Waals surface area contributed by atoms with E-state index in [9.17, 15) is 13.2 Å². The normalized spacial score (nSPS) is 16.5. The maximum absolute atomic E-state index is 12.7. The molecular formula is C17H20N4O3S. The number of hydrogen-bond donors (Lipinski definition) is 1. The van der Waals surface area contributed by atoms with E-state index in [1.54, 1.807) is 36.7 Å². The van der Waals surface area contributed by atoms with Crippen LogP contribution in [0.1, 0.15) is 10.4 Å². The van der Waals surface area contributed by atoms with Gasteiger partial charge in [-0.05, 0) is 43.4 Å². The third kappa shape index (κ3) is 4.04. The van der Waals surface area contributed by atoms with E-state index in [4.69, 9.17) is 0 Å². The number of aromatic nitrogens is 1. The first-order chi connectivity index (χ1) is 12.0. The quantitative estimate of drug-likeness (QED) is 0.888. The molecule has 2 aromatic rings. The van der Waals surface area contributed by atoms with Gasteiger partial charge in [0.15, 0.2) is 0 Å². The van der Waals surface area contributed by atoms with Gasteiger partial charge >= 0.3 is 0 Å². The number of pyridine rings is 1. The summed E-state index contributed by atoms with van der Waals surface area (Å²) >= 11 is 0. The first-order valence-electron chi connectivity index (χ1n) is 7.97. The smallest absolute Gasteiger partial charge is 0.255 e. The van der Waals surface area contributed by atoms with Gasteiger partial charge in [-0.1, -0.05) is 0 Å². The zero-order valence-electron chi connectivity index (χ0n) is 13.9. The molecule has 0 radical (unpaired) electrons. The molecule has 7 nitrogen and oxygen atoms in total. The maximum Gasteiger partial charge on any atom is 0.255 e. The molecule has 0 spiro atoms. The number of anilines is 1. The molecule has 0 atom stereocenters. The van der Waals surface area contributed by atoms with Crippen molar-refractivity contribution in [1.29, 1.82) is 0 Å². The highest BCUT2D eigenvalue weighted by Gasteiger charge is 2.27. The number of amides is 1. The Bertz CT molecular complexity index is 830. The minimum Gasteiger partial charge on any atom is -0.322 e. The van der Waals surface area contributed by atoms with Crippen molar-refractivity contribution in [3.05, 3.63) is 54.4 Å². The number of benzene rings is 1. The number of sulfonamides is 1. The maximum atomic E-state index is 12.7. The van der Waals surface area contributed by atoms with Crippen LogP contribution < -0.4 is 5.32 Å². The number of nitrogens with one attached hydrogen (secondary N) is 1. The molecule has 1 amide bonds. The Morgan fingerprint density at radius 3 is 2.20 bits per heavy atom. The van der Waals surface area contributed by atoms with Gasteiger partial charge in [0.2, 0.25) is 10.0 Å². The molecular weight excluding hydrogens is 340 g/mol. The Morgan fingerprint density at radius 1 is 1.00 bits per heavy atom. The van der Waals surface area contributed by atoms with Crippen molar-refractivity contribution in [1.82, 2.24) is 14.2 Å². The Labute approximate surface area is 147 Å². The lowest BCUT2D eigenvalue weighted by molar-refractivity contribution is 0.102. The molecule has 0 bridgehead atoms. The van der Waals surface area contributed by atoms with Crippen molar-refractivity contribution in [2.75, 3.05) is 38.5 Å². The second-order valence-electron chi connectivity index (χ2n) is 5.92. The average molecular weight is 360 g/mol. The van der Waals surface area contributed by atoms with Crippen LogP contribution in [0.5, 0.6) is 0 Å². The molecule has 1 aromatic carbocycles. The van der Waals surface area contributed by atoms with Crippen molar-refractivity contribution in [2.45, 2.75) is 4.90 Å². The highest BCUT2D eigenvalue weighted by molar-refractivity contribution is 7.89. The van der Waals surface area contributed by atoms with E-state index in [2.05, 4.69) is 15.2 Å². The van der Waals surface area contributed by atoms with Crippen LogP contribution >= 0.6 is 0 Å². The molecule has 1 aliphatic heterocycles. The first-order valence-corrected chi connectivity index (χ1v) is 9.41. The number of hydrogen-bond acceptors (Lipinski definition) is 5. The van der Waals surface area contributed by atoms with E-state index in [1.807, 2.05) is 7.05 Å². The zero-order valence-corrected chi connectivity index (χ0v) is 14.7. The minimum absolute atomic E-state index is 0.235. The summed E-state index contributed by atoms with van der Waals surface area (Å²) < 4.78 is 26.8. The van der Waals surface area contributed by atoms with Gasteiger partial charge in [0, 0.05) is 49.8 Å². The Balaban J connectivity index is 1.70. The fraction of sp³-hybridized carbons (Fsp3) is 0.294. The van der Waals surface area contributed by atoms with Crippen LogP contribution in [0.25, 0.3) is 0 Å². The molecule has 3 rings (SSSR count). The lowest BCUT2D eigenvalue weighted by atomic mass is 10.2. The fourth-order valence-electron chi connectivity index (χ4n) is 2.59. The molecule has 1 saturated heterocycles. The van der Waals surface area contributed by atoms with Gasteiger partial charge < -0.3 is 10.2 Å². The highest BCUT2D eigenvalue weighted by Crippen LogP contribution is 2.20. The number of likely N-dealkylation sites (N-methyl/N-ethyl adjacent to an activating group) is 1. The highest BCUT2D eigenvalue weighted by atomic mass is 32.2. The molecule has 0 saturated carbocycles. The van der Waals surface area contributed by atoms with Crippen molar-refractivity contribution in [3.63, 3.8) is 0 Å². The van der Waals surface area contributed by atoms with E-state index in [0.717, 1.165) is 13.1 Å². The van der Waals surface area contributed by atoms with E-state index < -0.39 is 10.0 Å². The molecule has 1 aliphatic rings. The topological polar surface area (TPSA) is 82.6 Å². The molecule has 132 valence electrons. The number of nitrogens with zero attached hydrogens (tertiary/aromatic N) is 3. The largest absolute Gasteiger partial charge is 0.322 e. The van der Waals surface area contributed by atoms with Crippen LogP contribution in [-0.2, 0) is 10.0 Å². The molecule has 2 heterocycles. The molecule has 8 heteroatoms. The van der Waals surface area contributed by atoms with Gasteiger partial charge in [0.1, 0.15) is 0 Å². The van der Waals surface area contributed by atoms with Crippen LogP contribution in [0.4, 0.5) is 5.69 Å². The molecule has 25 heavy (non-hydrogen) atoms. The fourth-order valence-corrected chi connectivity index (χ4v) is 4.02. The Morgan fingerprint density at radius 2 is 1.60 bits per heavy atom. The Hall–Kier alpha value is -2.29. The molecule has 1 aromatic heterocycles.